The van der Waals surface area contributed by atoms with Gasteiger partial charge in [-0.25, -0.2) is 0 Å². The van der Waals surface area contributed by atoms with Crippen molar-refractivity contribution in [3.05, 3.63) is 12.4 Å². The Morgan fingerprint density at radius 1 is 1.69 bits per heavy atom. The Labute approximate surface area is 104 Å². The Balaban J connectivity index is 2.04. The summed E-state index contributed by atoms with van der Waals surface area (Å²) in [6, 6.07) is 0. The van der Waals surface area contributed by atoms with Crippen molar-refractivity contribution in [2.75, 3.05) is 5.32 Å². The van der Waals surface area contributed by atoms with Crippen molar-refractivity contribution in [2.45, 2.75) is 31.1 Å². The van der Waals surface area contributed by atoms with E-state index in [0.29, 0.717) is 12.1 Å². The molecule has 1 saturated carbocycles. The second kappa shape index (κ2) is 3.64. The van der Waals surface area contributed by atoms with E-state index in [1.165, 1.54) is 0 Å². The van der Waals surface area contributed by atoms with Gasteiger partial charge in [-0.15, -0.1) is 23.2 Å². The molecule has 88 valence electrons. The van der Waals surface area contributed by atoms with Crippen LogP contribution in [0, 0.1) is 5.41 Å². The standard InChI is InChI=1S/C10H13Cl2N3O/c1-3-15-5-7(4-13-15)14-8(16)9(2)6-10(9,11)12/h4-5H,3,6H2,1-2H3,(H,14,16)/t9-/m1/s1. The predicted octanol–water partition coefficient (Wildman–Crippen LogP) is 2.43. The number of aryl methyl sites for hydroxylation is 1. The molecular weight excluding hydrogens is 249 g/mol. The van der Waals surface area contributed by atoms with Crippen molar-refractivity contribution in [1.29, 1.82) is 0 Å². The maximum atomic E-state index is 11.9. The zero-order valence-electron chi connectivity index (χ0n) is 9.13. The van der Waals surface area contributed by atoms with Crippen LogP contribution in [-0.2, 0) is 11.3 Å². The molecule has 1 aliphatic carbocycles. The van der Waals surface area contributed by atoms with Crippen LogP contribution in [0.15, 0.2) is 12.4 Å². The lowest BCUT2D eigenvalue weighted by atomic mass is 10.1. The average molecular weight is 262 g/mol. The van der Waals surface area contributed by atoms with Gasteiger partial charge in [-0.2, -0.15) is 5.10 Å². The van der Waals surface area contributed by atoms with E-state index >= 15 is 0 Å². The van der Waals surface area contributed by atoms with Crippen molar-refractivity contribution >= 4 is 34.8 Å². The molecule has 0 aliphatic heterocycles. The van der Waals surface area contributed by atoms with Crippen molar-refractivity contribution in [1.82, 2.24) is 9.78 Å². The molecule has 16 heavy (non-hydrogen) atoms. The highest BCUT2D eigenvalue weighted by Gasteiger charge is 2.67. The van der Waals surface area contributed by atoms with E-state index in [1.807, 2.05) is 6.92 Å². The molecule has 4 nitrogen and oxygen atoms in total. The maximum absolute atomic E-state index is 11.9. The largest absolute Gasteiger partial charge is 0.323 e. The molecule has 0 unspecified atom stereocenters. The van der Waals surface area contributed by atoms with Crippen LogP contribution in [0.1, 0.15) is 20.3 Å². The molecule has 0 saturated heterocycles. The molecule has 0 spiro atoms. The van der Waals surface area contributed by atoms with E-state index in [-0.39, 0.29) is 5.91 Å². The summed E-state index contributed by atoms with van der Waals surface area (Å²) in [6.45, 7) is 4.50. The third-order valence-corrected chi connectivity index (χ3v) is 4.08. The average Bonchev–Trinajstić information content (AvgIpc) is 2.62. The molecule has 1 heterocycles. The molecule has 1 aromatic heterocycles. The smallest absolute Gasteiger partial charge is 0.233 e. The van der Waals surface area contributed by atoms with E-state index < -0.39 is 9.75 Å². The second-order valence-corrected chi connectivity index (χ2v) is 5.74. The molecule has 1 N–H and O–H groups in total. The van der Waals surface area contributed by atoms with Gasteiger partial charge in [-0.05, 0) is 20.3 Å². The summed E-state index contributed by atoms with van der Waals surface area (Å²) < 4.78 is 0.803. The fourth-order valence-corrected chi connectivity index (χ4v) is 2.22. The van der Waals surface area contributed by atoms with Crippen LogP contribution in [0.25, 0.3) is 0 Å². The van der Waals surface area contributed by atoms with Crippen LogP contribution in [-0.4, -0.2) is 20.0 Å². The lowest BCUT2D eigenvalue weighted by Gasteiger charge is -2.10. The number of carbonyl (C=O) groups is 1. The Bertz CT molecular complexity index is 429. The normalized spacial score (nSPS) is 26.5. The number of hydrogen-bond acceptors (Lipinski definition) is 2. The first-order valence-corrected chi connectivity index (χ1v) is 5.86. The van der Waals surface area contributed by atoms with Crippen LogP contribution in [0.4, 0.5) is 5.69 Å². The van der Waals surface area contributed by atoms with E-state index in [4.69, 9.17) is 23.2 Å². The zero-order valence-corrected chi connectivity index (χ0v) is 10.6. The summed E-state index contributed by atoms with van der Waals surface area (Å²) >= 11 is 11.9. The van der Waals surface area contributed by atoms with Crippen LogP contribution in [0.2, 0.25) is 0 Å². The Morgan fingerprint density at radius 3 is 2.75 bits per heavy atom. The summed E-state index contributed by atoms with van der Waals surface area (Å²) in [5.74, 6) is -0.159. The minimum Gasteiger partial charge on any atom is -0.323 e. The summed E-state index contributed by atoms with van der Waals surface area (Å²) in [7, 11) is 0. The zero-order chi connectivity index (χ0) is 12.0. The second-order valence-electron chi connectivity index (χ2n) is 4.25. The molecule has 0 radical (unpaired) electrons. The molecule has 1 atom stereocenters. The first kappa shape index (κ1) is 11.7. The molecular formula is C10H13Cl2N3O. The van der Waals surface area contributed by atoms with Gasteiger partial charge in [0.2, 0.25) is 5.91 Å². The van der Waals surface area contributed by atoms with Gasteiger partial charge in [-0.3, -0.25) is 9.48 Å². The number of anilines is 1. The fraction of sp³-hybridized carbons (Fsp3) is 0.600. The van der Waals surface area contributed by atoms with Gasteiger partial charge in [0.1, 0.15) is 4.33 Å². The van der Waals surface area contributed by atoms with Gasteiger partial charge >= 0.3 is 0 Å². The van der Waals surface area contributed by atoms with Gasteiger partial charge in [0.05, 0.1) is 17.3 Å². The predicted molar refractivity (Wildman–Crippen MR) is 63.7 cm³/mol. The molecule has 1 amide bonds. The molecule has 0 bridgehead atoms. The first-order chi connectivity index (χ1) is 7.39. The van der Waals surface area contributed by atoms with Gasteiger partial charge < -0.3 is 5.32 Å². The van der Waals surface area contributed by atoms with Crippen molar-refractivity contribution < 1.29 is 4.79 Å². The monoisotopic (exact) mass is 261 g/mol. The number of hydrogen-bond donors (Lipinski definition) is 1. The number of amides is 1. The quantitative estimate of drug-likeness (QED) is 0.850. The molecule has 1 aliphatic rings. The molecule has 0 aromatic carbocycles. The van der Waals surface area contributed by atoms with Gasteiger partial charge in [0.15, 0.2) is 0 Å². The first-order valence-electron chi connectivity index (χ1n) is 5.11. The maximum Gasteiger partial charge on any atom is 0.233 e. The van der Waals surface area contributed by atoms with E-state index in [0.717, 1.165) is 6.54 Å². The number of carbonyl (C=O) groups excluding carboxylic acids is 1. The summed E-state index contributed by atoms with van der Waals surface area (Å²) in [4.78, 5) is 11.9. The molecule has 1 aromatic rings. The minimum atomic E-state index is -0.933. The third-order valence-electron chi connectivity index (χ3n) is 2.97. The SMILES string of the molecule is CCn1cc(NC(=O)[C@@]2(C)CC2(Cl)Cl)cn1. The number of halogens is 2. The Kier molecular flexibility index (Phi) is 2.67. The van der Waals surface area contributed by atoms with Crippen LogP contribution >= 0.6 is 23.2 Å². The van der Waals surface area contributed by atoms with Crippen LogP contribution < -0.4 is 5.32 Å². The summed E-state index contributed by atoms with van der Waals surface area (Å²) in [5.41, 5.74) is -0.0196. The van der Waals surface area contributed by atoms with E-state index in [1.54, 1.807) is 24.0 Å². The lowest BCUT2D eigenvalue weighted by Crippen LogP contribution is -2.25. The highest BCUT2D eigenvalue weighted by atomic mass is 35.5. The Hall–Kier alpha value is -0.740. The topological polar surface area (TPSA) is 46.9 Å². The number of nitrogens with one attached hydrogen (secondary N) is 1. The van der Waals surface area contributed by atoms with Crippen molar-refractivity contribution in [2.24, 2.45) is 5.41 Å². The van der Waals surface area contributed by atoms with Crippen LogP contribution in [0.3, 0.4) is 0 Å². The van der Waals surface area contributed by atoms with E-state index in [2.05, 4.69) is 10.4 Å². The number of aromatic nitrogens is 2. The van der Waals surface area contributed by atoms with Gasteiger partial charge in [0.25, 0.3) is 0 Å². The highest BCUT2D eigenvalue weighted by Crippen LogP contribution is 2.64. The van der Waals surface area contributed by atoms with Crippen molar-refractivity contribution in [3.63, 3.8) is 0 Å². The number of rotatable bonds is 3. The number of alkyl halides is 2. The fourth-order valence-electron chi connectivity index (χ4n) is 1.52. The minimum absolute atomic E-state index is 0.159. The highest BCUT2D eigenvalue weighted by molar-refractivity contribution is 6.53. The summed E-state index contributed by atoms with van der Waals surface area (Å²) in [6.07, 6.45) is 3.86. The molecule has 2 rings (SSSR count). The van der Waals surface area contributed by atoms with Gasteiger partial charge in [0, 0.05) is 12.7 Å². The van der Waals surface area contributed by atoms with Crippen LogP contribution in [0.5, 0.6) is 0 Å². The molecule has 6 heteroatoms. The molecule has 1 fully saturated rings. The Morgan fingerprint density at radius 2 is 2.31 bits per heavy atom. The van der Waals surface area contributed by atoms with Crippen molar-refractivity contribution in [3.8, 4) is 0 Å². The number of nitrogens with zero attached hydrogens (tertiary/aromatic N) is 2. The lowest BCUT2D eigenvalue weighted by molar-refractivity contribution is -0.120. The summed E-state index contributed by atoms with van der Waals surface area (Å²) in [5, 5.41) is 6.83. The van der Waals surface area contributed by atoms with E-state index in [9.17, 15) is 4.79 Å². The third kappa shape index (κ3) is 1.80. The van der Waals surface area contributed by atoms with Gasteiger partial charge in [-0.1, -0.05) is 0 Å².